The molecule has 0 amide bonds. The van der Waals surface area contributed by atoms with E-state index in [9.17, 15) is 24.0 Å². The van der Waals surface area contributed by atoms with E-state index in [-0.39, 0.29) is 67.7 Å². The van der Waals surface area contributed by atoms with Crippen molar-refractivity contribution in [1.82, 2.24) is 4.90 Å². The van der Waals surface area contributed by atoms with Gasteiger partial charge in [-0.2, -0.15) is 0 Å². The first kappa shape index (κ1) is 24.5. The molecule has 0 aromatic heterocycles. The molecule has 0 unspecified atom stereocenters. The van der Waals surface area contributed by atoms with Crippen LogP contribution < -0.4 is 5.73 Å². The number of carbonyl (C=O) groups excluding carboxylic acids is 5. The van der Waals surface area contributed by atoms with Crippen LogP contribution in [0.2, 0.25) is 0 Å². The molecule has 0 saturated carbocycles. The van der Waals surface area contributed by atoms with Gasteiger partial charge >= 0.3 is 0 Å². The van der Waals surface area contributed by atoms with Gasteiger partial charge in [0.15, 0.2) is 0 Å². The fourth-order valence-corrected chi connectivity index (χ4v) is 1.65. The molecule has 7 heteroatoms. The summed E-state index contributed by atoms with van der Waals surface area (Å²) in [5.41, 5.74) is 5.01. The van der Waals surface area contributed by atoms with Crippen LogP contribution in [0.1, 0.15) is 52.9 Å². The van der Waals surface area contributed by atoms with Crippen molar-refractivity contribution < 1.29 is 24.0 Å². The number of carbonyl (C=O) groups is 5. The van der Waals surface area contributed by atoms with Crippen LogP contribution in [0.3, 0.4) is 0 Å². The maximum Gasteiger partial charge on any atom is 0.147 e. The van der Waals surface area contributed by atoms with Crippen molar-refractivity contribution in [2.24, 2.45) is 5.73 Å². The van der Waals surface area contributed by atoms with Crippen LogP contribution in [0.5, 0.6) is 0 Å². The van der Waals surface area contributed by atoms with Crippen molar-refractivity contribution in [2.75, 3.05) is 26.7 Å². The van der Waals surface area contributed by atoms with Crippen LogP contribution in [0, 0.1) is 0 Å². The summed E-state index contributed by atoms with van der Waals surface area (Å²) in [6, 6.07) is 0. The Kier molecular flexibility index (Phi) is 15.2. The normalized spacial score (nSPS) is 9.92. The minimum Gasteiger partial charge on any atom is -0.330 e. The molecule has 0 aliphatic rings. The highest BCUT2D eigenvalue weighted by Crippen LogP contribution is 1.98. The molecule has 0 rings (SSSR count). The van der Waals surface area contributed by atoms with Gasteiger partial charge in [-0.25, -0.2) is 0 Å². The van der Waals surface area contributed by atoms with Crippen LogP contribution in [0.25, 0.3) is 0 Å². The van der Waals surface area contributed by atoms with Gasteiger partial charge in [-0.1, -0.05) is 0 Å². The van der Waals surface area contributed by atoms with Crippen molar-refractivity contribution >= 4 is 28.9 Å². The van der Waals surface area contributed by atoms with E-state index in [2.05, 4.69) is 0 Å². The molecule has 0 atom stereocenters. The third kappa shape index (κ3) is 20.3. The maximum absolute atomic E-state index is 11.4. The number of hydrogen-bond donors (Lipinski definition) is 1. The van der Waals surface area contributed by atoms with Crippen LogP contribution in [-0.4, -0.2) is 60.5 Å². The highest BCUT2D eigenvalue weighted by molar-refractivity contribution is 5.88. The molecule has 24 heavy (non-hydrogen) atoms. The topological polar surface area (TPSA) is 115 Å². The highest BCUT2D eigenvalue weighted by atomic mass is 16.1. The van der Waals surface area contributed by atoms with E-state index in [1.54, 1.807) is 11.9 Å². The zero-order valence-corrected chi connectivity index (χ0v) is 15.2. The fourth-order valence-electron chi connectivity index (χ4n) is 1.65. The second-order valence-electron chi connectivity index (χ2n) is 5.89. The molecule has 138 valence electrons. The Morgan fingerprint density at radius 3 is 1.21 bits per heavy atom. The van der Waals surface area contributed by atoms with Gasteiger partial charge in [0.2, 0.25) is 0 Å². The Morgan fingerprint density at radius 1 is 0.667 bits per heavy atom. The van der Waals surface area contributed by atoms with Gasteiger partial charge < -0.3 is 15.3 Å². The lowest BCUT2D eigenvalue weighted by Gasteiger charge is -2.14. The second kappa shape index (κ2) is 14.8. The molecular weight excluding hydrogens is 312 g/mol. The zero-order chi connectivity index (χ0) is 19.1. The largest absolute Gasteiger partial charge is 0.330 e. The molecule has 0 heterocycles. The molecule has 0 saturated heterocycles. The third-order valence-electron chi connectivity index (χ3n) is 2.90. The summed E-state index contributed by atoms with van der Waals surface area (Å²) in [6.45, 7) is 5.24. The van der Waals surface area contributed by atoms with Crippen molar-refractivity contribution in [1.29, 1.82) is 0 Å². The summed E-state index contributed by atoms with van der Waals surface area (Å²) in [5.74, 6) is 0.0451. The van der Waals surface area contributed by atoms with Crippen molar-refractivity contribution in [3.05, 3.63) is 0 Å². The predicted octanol–water partition coefficient (Wildman–Crippen LogP) is 0.719. The van der Waals surface area contributed by atoms with E-state index >= 15 is 0 Å². The van der Waals surface area contributed by atoms with E-state index in [1.807, 2.05) is 0 Å². The van der Waals surface area contributed by atoms with E-state index in [1.165, 1.54) is 20.8 Å². The van der Waals surface area contributed by atoms with Gasteiger partial charge in [0.25, 0.3) is 0 Å². The summed E-state index contributed by atoms with van der Waals surface area (Å²) in [4.78, 5) is 55.9. The number of nitrogens with two attached hydrogens (primary N) is 1. The van der Waals surface area contributed by atoms with Crippen molar-refractivity contribution in [2.45, 2.75) is 52.9 Å². The SMILES string of the molecule is CC(=O)CCC(=O)CN(C)CC(=O)CCC(C)=O.CC(=O)CCN. The van der Waals surface area contributed by atoms with Crippen LogP contribution in [-0.2, 0) is 24.0 Å². The summed E-state index contributed by atoms with van der Waals surface area (Å²) in [5, 5.41) is 0. The standard InChI is InChI=1S/C13H21NO4.C4H9NO/c1-10(15)4-6-12(17)8-14(3)9-13(18)7-5-11(2)16;1-4(6)2-3-5/h4-9H2,1-3H3;2-3,5H2,1H3. The monoisotopic (exact) mass is 342 g/mol. The Balaban J connectivity index is 0. The minimum atomic E-state index is -0.0490. The molecule has 0 fully saturated rings. The Hall–Kier alpha value is -1.73. The Morgan fingerprint density at radius 2 is 1.00 bits per heavy atom. The number of nitrogens with zero attached hydrogens (tertiary/aromatic N) is 1. The molecule has 0 radical (unpaired) electrons. The third-order valence-corrected chi connectivity index (χ3v) is 2.90. The molecule has 0 bridgehead atoms. The molecule has 0 aliphatic carbocycles. The van der Waals surface area contributed by atoms with Gasteiger partial charge in [-0.05, 0) is 34.4 Å². The summed E-state index contributed by atoms with van der Waals surface area (Å²) in [6.07, 6.45) is 1.47. The fraction of sp³-hybridized carbons (Fsp3) is 0.706. The van der Waals surface area contributed by atoms with E-state index in [4.69, 9.17) is 5.73 Å². The molecule has 0 aliphatic heterocycles. The molecule has 0 spiro atoms. The molecule has 0 aromatic carbocycles. The van der Waals surface area contributed by atoms with Gasteiger partial charge in [-0.15, -0.1) is 0 Å². The summed E-state index contributed by atoms with van der Waals surface area (Å²) >= 11 is 0. The van der Waals surface area contributed by atoms with Crippen LogP contribution >= 0.6 is 0 Å². The number of likely N-dealkylation sites (N-methyl/N-ethyl adjacent to an activating group) is 1. The first-order valence-electron chi connectivity index (χ1n) is 7.98. The minimum absolute atomic E-state index is 0.0106. The molecule has 0 aromatic rings. The van der Waals surface area contributed by atoms with E-state index < -0.39 is 0 Å². The van der Waals surface area contributed by atoms with Crippen LogP contribution in [0.15, 0.2) is 0 Å². The van der Waals surface area contributed by atoms with Gasteiger partial charge in [-0.3, -0.25) is 19.3 Å². The summed E-state index contributed by atoms with van der Waals surface area (Å²) < 4.78 is 0. The number of ketones is 5. The summed E-state index contributed by atoms with van der Waals surface area (Å²) in [7, 11) is 1.68. The smallest absolute Gasteiger partial charge is 0.147 e. The number of Topliss-reactive ketones (excluding diaryl/α,β-unsaturated/α-hetero) is 5. The maximum atomic E-state index is 11.4. The molecular formula is C17H30N2O5. The molecule has 2 N–H and O–H groups in total. The van der Waals surface area contributed by atoms with E-state index in [0.29, 0.717) is 13.0 Å². The highest BCUT2D eigenvalue weighted by Gasteiger charge is 2.11. The predicted molar refractivity (Wildman–Crippen MR) is 91.7 cm³/mol. The van der Waals surface area contributed by atoms with Crippen LogP contribution in [0.4, 0.5) is 0 Å². The van der Waals surface area contributed by atoms with Gasteiger partial charge in [0.1, 0.15) is 28.9 Å². The van der Waals surface area contributed by atoms with Gasteiger partial charge in [0.05, 0.1) is 13.1 Å². The lowest BCUT2D eigenvalue weighted by molar-refractivity contribution is -0.126. The average Bonchev–Trinajstić information content (AvgIpc) is 2.43. The molecule has 7 nitrogen and oxygen atoms in total. The van der Waals surface area contributed by atoms with Gasteiger partial charge in [0, 0.05) is 32.1 Å². The Labute approximate surface area is 143 Å². The zero-order valence-electron chi connectivity index (χ0n) is 15.2. The second-order valence-corrected chi connectivity index (χ2v) is 5.89. The first-order chi connectivity index (χ1) is 11.1. The number of hydrogen-bond acceptors (Lipinski definition) is 7. The van der Waals surface area contributed by atoms with E-state index in [0.717, 1.165) is 0 Å². The Bertz CT molecular complexity index is 414. The van der Waals surface area contributed by atoms with Crippen molar-refractivity contribution in [3.63, 3.8) is 0 Å². The first-order valence-corrected chi connectivity index (χ1v) is 7.98. The average molecular weight is 342 g/mol. The quantitative estimate of drug-likeness (QED) is 0.555. The lowest BCUT2D eigenvalue weighted by Crippen LogP contribution is -2.31. The van der Waals surface area contributed by atoms with Crippen molar-refractivity contribution in [3.8, 4) is 0 Å². The lowest BCUT2D eigenvalue weighted by atomic mass is 10.1. The number of rotatable bonds is 12.